The average molecular weight is 261 g/mol. The Morgan fingerprint density at radius 2 is 1.74 bits per heavy atom. The molecule has 2 rings (SSSR count). The van der Waals surface area contributed by atoms with Crippen molar-refractivity contribution >= 4 is 5.91 Å². The molecule has 0 saturated heterocycles. The fourth-order valence-electron chi connectivity index (χ4n) is 3.04. The van der Waals surface area contributed by atoms with Crippen molar-refractivity contribution in [1.29, 1.82) is 0 Å². The topological polar surface area (TPSA) is 40.5 Å². The summed E-state index contributed by atoms with van der Waals surface area (Å²) >= 11 is 0. The van der Waals surface area contributed by atoms with Crippen LogP contribution >= 0.6 is 0 Å². The molecule has 0 aromatic heterocycles. The summed E-state index contributed by atoms with van der Waals surface area (Å²) in [5, 5.41) is 11.0. The molecule has 0 bridgehead atoms. The lowest BCUT2D eigenvalue weighted by atomic mass is 9.72. The Bertz CT molecular complexity index is 422. The third-order valence-electron chi connectivity index (χ3n) is 4.08. The molecule has 1 aliphatic rings. The van der Waals surface area contributed by atoms with Crippen molar-refractivity contribution in [3.63, 3.8) is 0 Å². The first kappa shape index (κ1) is 14.1. The SMILES string of the molecule is CN(C)C(=O)C(c1ccccc1)C1(O)CCCCC1. The second-order valence-electron chi connectivity index (χ2n) is 5.74. The maximum absolute atomic E-state index is 12.5. The highest BCUT2D eigenvalue weighted by molar-refractivity contribution is 5.84. The van der Waals surface area contributed by atoms with Gasteiger partial charge >= 0.3 is 0 Å². The second kappa shape index (κ2) is 5.74. The molecule has 1 fully saturated rings. The lowest BCUT2D eigenvalue weighted by Crippen LogP contribution is -2.46. The molecule has 104 valence electrons. The Labute approximate surface area is 115 Å². The highest BCUT2D eigenvalue weighted by atomic mass is 16.3. The highest BCUT2D eigenvalue weighted by Gasteiger charge is 2.43. The number of benzene rings is 1. The number of nitrogens with zero attached hydrogens (tertiary/aromatic N) is 1. The standard InChI is InChI=1S/C16H23NO2/c1-17(2)15(18)14(13-9-5-3-6-10-13)16(19)11-7-4-8-12-16/h3,5-6,9-10,14,19H,4,7-8,11-12H2,1-2H3. The molecule has 3 heteroatoms. The fourth-order valence-corrected chi connectivity index (χ4v) is 3.04. The second-order valence-corrected chi connectivity index (χ2v) is 5.74. The van der Waals surface area contributed by atoms with Crippen molar-refractivity contribution in [1.82, 2.24) is 4.90 Å². The largest absolute Gasteiger partial charge is 0.389 e. The van der Waals surface area contributed by atoms with Gasteiger partial charge in [0.2, 0.25) is 5.91 Å². The van der Waals surface area contributed by atoms with E-state index in [2.05, 4.69) is 0 Å². The average Bonchev–Trinajstić information content (AvgIpc) is 2.40. The van der Waals surface area contributed by atoms with Crippen LogP contribution in [0.2, 0.25) is 0 Å². The van der Waals surface area contributed by atoms with Crippen molar-refractivity contribution in [3.8, 4) is 0 Å². The van der Waals surface area contributed by atoms with Crippen LogP contribution in [-0.4, -0.2) is 35.6 Å². The monoisotopic (exact) mass is 261 g/mol. The van der Waals surface area contributed by atoms with Crippen molar-refractivity contribution in [2.24, 2.45) is 0 Å². The lowest BCUT2D eigenvalue weighted by Gasteiger charge is -2.39. The zero-order chi connectivity index (χ0) is 13.9. The summed E-state index contributed by atoms with van der Waals surface area (Å²) in [4.78, 5) is 14.1. The first-order valence-electron chi connectivity index (χ1n) is 7.03. The van der Waals surface area contributed by atoms with Gasteiger partial charge < -0.3 is 10.0 Å². The zero-order valence-electron chi connectivity index (χ0n) is 11.8. The number of likely N-dealkylation sites (N-methyl/N-ethyl adjacent to an activating group) is 1. The molecule has 0 radical (unpaired) electrons. The molecule has 19 heavy (non-hydrogen) atoms. The summed E-state index contributed by atoms with van der Waals surface area (Å²) in [5.41, 5.74) is 0.0339. The van der Waals surface area contributed by atoms with E-state index < -0.39 is 11.5 Å². The van der Waals surface area contributed by atoms with Crippen LogP contribution in [0.4, 0.5) is 0 Å². The van der Waals surface area contributed by atoms with Gasteiger partial charge in [-0.1, -0.05) is 49.6 Å². The Balaban J connectivity index is 2.37. The maximum Gasteiger partial charge on any atom is 0.232 e. The Morgan fingerprint density at radius 3 is 2.26 bits per heavy atom. The molecule has 1 aliphatic carbocycles. The third kappa shape index (κ3) is 2.98. The molecule has 0 aliphatic heterocycles. The Morgan fingerprint density at radius 1 is 1.16 bits per heavy atom. The summed E-state index contributed by atoms with van der Waals surface area (Å²) in [7, 11) is 3.51. The van der Waals surface area contributed by atoms with E-state index in [4.69, 9.17) is 0 Å². The molecular weight excluding hydrogens is 238 g/mol. The summed E-state index contributed by atoms with van der Waals surface area (Å²) in [6.07, 6.45) is 4.58. The van der Waals surface area contributed by atoms with E-state index in [1.807, 2.05) is 30.3 Å². The summed E-state index contributed by atoms with van der Waals surface area (Å²) in [5.74, 6) is -0.445. The molecule has 0 heterocycles. The number of hydrogen-bond acceptors (Lipinski definition) is 2. The van der Waals surface area contributed by atoms with Gasteiger partial charge in [0.25, 0.3) is 0 Å². The normalized spacial score (nSPS) is 19.7. The molecular formula is C16H23NO2. The predicted octanol–water partition coefficient (Wildman–Crippen LogP) is 2.55. The molecule has 1 N–H and O–H groups in total. The van der Waals surface area contributed by atoms with Crippen LogP contribution in [0.15, 0.2) is 30.3 Å². The van der Waals surface area contributed by atoms with Gasteiger partial charge in [-0.25, -0.2) is 0 Å². The molecule has 1 atom stereocenters. The van der Waals surface area contributed by atoms with E-state index in [1.165, 1.54) is 0 Å². The molecule has 1 amide bonds. The van der Waals surface area contributed by atoms with Gasteiger partial charge in [-0.05, 0) is 18.4 Å². The molecule has 1 unspecified atom stereocenters. The van der Waals surface area contributed by atoms with Crippen LogP contribution in [0.3, 0.4) is 0 Å². The molecule has 1 aromatic rings. The van der Waals surface area contributed by atoms with Crippen molar-refractivity contribution < 1.29 is 9.90 Å². The molecule has 3 nitrogen and oxygen atoms in total. The van der Waals surface area contributed by atoms with E-state index in [1.54, 1.807) is 19.0 Å². The van der Waals surface area contributed by atoms with E-state index in [-0.39, 0.29) is 5.91 Å². The van der Waals surface area contributed by atoms with Crippen LogP contribution in [0.1, 0.15) is 43.6 Å². The van der Waals surface area contributed by atoms with Gasteiger partial charge in [0.05, 0.1) is 11.5 Å². The minimum absolute atomic E-state index is 0.00407. The van der Waals surface area contributed by atoms with Gasteiger partial charge in [-0.2, -0.15) is 0 Å². The predicted molar refractivity (Wildman–Crippen MR) is 75.9 cm³/mol. The van der Waals surface area contributed by atoms with Crippen LogP contribution in [-0.2, 0) is 4.79 Å². The summed E-state index contributed by atoms with van der Waals surface area (Å²) in [6.45, 7) is 0. The Kier molecular flexibility index (Phi) is 4.25. The van der Waals surface area contributed by atoms with E-state index in [0.29, 0.717) is 12.8 Å². The fraction of sp³-hybridized carbons (Fsp3) is 0.562. The minimum atomic E-state index is -0.888. The van der Waals surface area contributed by atoms with Gasteiger partial charge in [0.15, 0.2) is 0 Å². The van der Waals surface area contributed by atoms with Gasteiger partial charge in [0, 0.05) is 14.1 Å². The van der Waals surface area contributed by atoms with Crippen molar-refractivity contribution in [2.45, 2.75) is 43.6 Å². The maximum atomic E-state index is 12.5. The van der Waals surface area contributed by atoms with Crippen molar-refractivity contribution in [2.75, 3.05) is 14.1 Å². The molecule has 1 saturated carbocycles. The first-order valence-corrected chi connectivity index (χ1v) is 7.03. The zero-order valence-corrected chi connectivity index (χ0v) is 11.8. The van der Waals surface area contributed by atoms with Crippen LogP contribution in [0, 0.1) is 0 Å². The smallest absolute Gasteiger partial charge is 0.232 e. The number of aliphatic hydroxyl groups is 1. The van der Waals surface area contributed by atoms with Crippen LogP contribution in [0.25, 0.3) is 0 Å². The Hall–Kier alpha value is -1.35. The van der Waals surface area contributed by atoms with Gasteiger partial charge in [-0.3, -0.25) is 4.79 Å². The number of rotatable bonds is 3. The number of carbonyl (C=O) groups is 1. The quantitative estimate of drug-likeness (QED) is 0.908. The number of carbonyl (C=O) groups excluding carboxylic acids is 1. The van der Waals surface area contributed by atoms with E-state index >= 15 is 0 Å². The van der Waals surface area contributed by atoms with E-state index in [9.17, 15) is 9.90 Å². The lowest BCUT2D eigenvalue weighted by molar-refractivity contribution is -0.139. The minimum Gasteiger partial charge on any atom is -0.389 e. The van der Waals surface area contributed by atoms with Gasteiger partial charge in [0.1, 0.15) is 0 Å². The summed E-state index contributed by atoms with van der Waals surface area (Å²) < 4.78 is 0. The van der Waals surface area contributed by atoms with E-state index in [0.717, 1.165) is 24.8 Å². The van der Waals surface area contributed by atoms with Crippen molar-refractivity contribution in [3.05, 3.63) is 35.9 Å². The molecule has 0 spiro atoms. The third-order valence-corrected chi connectivity index (χ3v) is 4.08. The first-order chi connectivity index (χ1) is 9.04. The number of amides is 1. The summed E-state index contributed by atoms with van der Waals surface area (Å²) in [6, 6.07) is 9.68. The van der Waals surface area contributed by atoms with Gasteiger partial charge in [-0.15, -0.1) is 0 Å². The van der Waals surface area contributed by atoms with Crippen LogP contribution in [0.5, 0.6) is 0 Å². The van der Waals surface area contributed by atoms with Crippen LogP contribution < -0.4 is 0 Å². The number of hydrogen-bond donors (Lipinski definition) is 1. The highest BCUT2D eigenvalue weighted by Crippen LogP contribution is 2.40. The molecule has 1 aromatic carbocycles.